The molecule has 0 aliphatic carbocycles. The number of nitrogens with one attached hydrogen (secondary N) is 2. The van der Waals surface area contributed by atoms with E-state index >= 15 is 0 Å². The summed E-state index contributed by atoms with van der Waals surface area (Å²) >= 11 is 0. The van der Waals surface area contributed by atoms with E-state index in [0.29, 0.717) is 5.75 Å². The average Bonchev–Trinajstić information content (AvgIpc) is 3.13. The fourth-order valence-electron chi connectivity index (χ4n) is 5.06. The molecule has 0 saturated carbocycles. The molecule has 0 fully saturated rings. The molecule has 0 aliphatic rings. The zero-order valence-corrected chi connectivity index (χ0v) is 27.6. The highest BCUT2D eigenvalue weighted by atomic mass is 32.2. The van der Waals surface area contributed by atoms with Gasteiger partial charge in [-0.1, -0.05) is 72.8 Å². The van der Waals surface area contributed by atoms with E-state index < -0.39 is 34.4 Å². The first-order valence-corrected chi connectivity index (χ1v) is 17.0. The first-order chi connectivity index (χ1) is 23.7. The Labute approximate surface area is 285 Å². The van der Waals surface area contributed by atoms with Gasteiger partial charge >= 0.3 is 0 Å². The minimum atomic E-state index is -3.96. The average molecular weight is 682 g/mol. The van der Waals surface area contributed by atoms with Crippen molar-refractivity contribution in [3.8, 4) is 11.5 Å². The van der Waals surface area contributed by atoms with Crippen LogP contribution >= 0.6 is 0 Å². The first kappa shape index (κ1) is 34.6. The van der Waals surface area contributed by atoms with Crippen LogP contribution in [0, 0.1) is 5.82 Å². The van der Waals surface area contributed by atoms with Gasteiger partial charge in [0.25, 0.3) is 15.9 Å². The number of rotatable bonds is 15. The molecule has 0 unspecified atom stereocenters. The van der Waals surface area contributed by atoms with Gasteiger partial charge in [0, 0.05) is 25.2 Å². The van der Waals surface area contributed by atoms with E-state index in [1.165, 1.54) is 41.3 Å². The molecule has 0 heterocycles. The predicted octanol–water partition coefficient (Wildman–Crippen LogP) is 5.97. The van der Waals surface area contributed by atoms with Crippen LogP contribution in [0.5, 0.6) is 11.5 Å². The van der Waals surface area contributed by atoms with Crippen LogP contribution < -0.4 is 19.5 Å². The molecule has 252 valence electrons. The number of hydrogen-bond acceptors (Lipinski definition) is 6. The van der Waals surface area contributed by atoms with Crippen LogP contribution in [-0.4, -0.2) is 44.9 Å². The van der Waals surface area contributed by atoms with Gasteiger partial charge in [0.2, 0.25) is 5.91 Å². The standard InChI is InChI=1S/C38H36FN3O6S/c1-47-33-18-12-29(13-19-33)25-40-38(44)36(24-28-8-4-2-5-9-28)42(26-30-10-6-3-7-11-30)37(43)27-48-34-20-22-35(23-21-34)49(45,46)41-32-16-14-31(39)15-17-32/h2-23,36,41H,24-27H2,1H3,(H,40,44)/t36-/m1/s1. The summed E-state index contributed by atoms with van der Waals surface area (Å²) in [6.07, 6.45) is 0.265. The third kappa shape index (κ3) is 9.91. The molecule has 1 atom stereocenters. The first-order valence-electron chi connectivity index (χ1n) is 15.5. The number of halogens is 1. The fraction of sp³-hybridized carbons (Fsp3) is 0.158. The van der Waals surface area contributed by atoms with Gasteiger partial charge in [0.15, 0.2) is 6.61 Å². The highest BCUT2D eigenvalue weighted by Crippen LogP contribution is 2.21. The Hall–Kier alpha value is -5.68. The molecule has 0 radical (unpaired) electrons. The molecule has 0 spiro atoms. The van der Waals surface area contributed by atoms with Crippen molar-refractivity contribution in [3.05, 3.63) is 156 Å². The SMILES string of the molecule is COc1ccc(CNC(=O)[C@@H](Cc2ccccc2)N(Cc2ccccc2)C(=O)COc2ccc(S(=O)(=O)Nc3ccc(F)cc3)cc2)cc1. The highest BCUT2D eigenvalue weighted by Gasteiger charge is 2.30. The number of carbonyl (C=O) groups is 2. The van der Waals surface area contributed by atoms with E-state index in [1.54, 1.807) is 7.11 Å². The minimum Gasteiger partial charge on any atom is -0.497 e. The lowest BCUT2D eigenvalue weighted by atomic mass is 10.0. The molecule has 0 aliphatic heterocycles. The van der Waals surface area contributed by atoms with E-state index in [4.69, 9.17) is 9.47 Å². The predicted molar refractivity (Wildman–Crippen MR) is 185 cm³/mol. The van der Waals surface area contributed by atoms with Crippen LogP contribution in [0.25, 0.3) is 0 Å². The molecule has 0 bridgehead atoms. The lowest BCUT2D eigenvalue weighted by molar-refractivity contribution is -0.142. The second-order valence-electron chi connectivity index (χ2n) is 11.2. The van der Waals surface area contributed by atoms with Crippen molar-refractivity contribution in [2.75, 3.05) is 18.4 Å². The van der Waals surface area contributed by atoms with E-state index in [2.05, 4.69) is 10.0 Å². The molecule has 5 aromatic carbocycles. The summed E-state index contributed by atoms with van der Waals surface area (Å²) in [4.78, 5) is 29.3. The number of sulfonamides is 1. The summed E-state index contributed by atoms with van der Waals surface area (Å²) in [5.41, 5.74) is 2.80. The largest absolute Gasteiger partial charge is 0.497 e. The van der Waals surface area contributed by atoms with Crippen molar-refractivity contribution in [1.29, 1.82) is 0 Å². The Morgan fingerprint density at radius 1 is 0.735 bits per heavy atom. The van der Waals surface area contributed by atoms with Crippen molar-refractivity contribution in [3.63, 3.8) is 0 Å². The van der Waals surface area contributed by atoms with Crippen molar-refractivity contribution in [1.82, 2.24) is 10.2 Å². The second-order valence-corrected chi connectivity index (χ2v) is 12.8. The Kier molecular flexibility index (Phi) is 11.6. The molecule has 9 nitrogen and oxygen atoms in total. The Morgan fingerprint density at radius 3 is 1.94 bits per heavy atom. The van der Waals surface area contributed by atoms with E-state index in [9.17, 15) is 22.4 Å². The van der Waals surface area contributed by atoms with Crippen molar-refractivity contribution >= 4 is 27.5 Å². The third-order valence-electron chi connectivity index (χ3n) is 7.69. The number of nitrogens with zero attached hydrogens (tertiary/aromatic N) is 1. The molecule has 11 heteroatoms. The summed E-state index contributed by atoms with van der Waals surface area (Å²) in [7, 11) is -2.37. The van der Waals surface area contributed by atoms with Gasteiger partial charge in [-0.15, -0.1) is 0 Å². The normalized spacial score (nSPS) is 11.6. The number of hydrogen-bond donors (Lipinski definition) is 2. The molecular formula is C38H36FN3O6S. The maximum Gasteiger partial charge on any atom is 0.261 e. The van der Waals surface area contributed by atoms with E-state index in [0.717, 1.165) is 28.8 Å². The zero-order chi connectivity index (χ0) is 34.6. The number of methoxy groups -OCH3 is 1. The van der Waals surface area contributed by atoms with Crippen molar-refractivity contribution < 1.29 is 31.9 Å². The molecule has 0 aromatic heterocycles. The highest BCUT2D eigenvalue weighted by molar-refractivity contribution is 7.92. The lowest BCUT2D eigenvalue weighted by Crippen LogP contribution is -2.51. The molecule has 5 rings (SSSR count). The van der Waals surface area contributed by atoms with Crippen molar-refractivity contribution in [2.45, 2.75) is 30.4 Å². The molecule has 2 amide bonds. The van der Waals surface area contributed by atoms with Crippen LogP contribution in [-0.2, 0) is 39.1 Å². The maximum atomic E-state index is 13.9. The minimum absolute atomic E-state index is 0.0438. The van der Waals surface area contributed by atoms with Gasteiger partial charge in [-0.25, -0.2) is 12.8 Å². The second kappa shape index (κ2) is 16.4. The summed E-state index contributed by atoms with van der Waals surface area (Å²) in [5, 5.41) is 3.00. The lowest BCUT2D eigenvalue weighted by Gasteiger charge is -2.31. The summed E-state index contributed by atoms with van der Waals surface area (Å²) in [6, 6.07) is 35.9. The van der Waals surface area contributed by atoms with Crippen molar-refractivity contribution in [2.24, 2.45) is 0 Å². The summed E-state index contributed by atoms with van der Waals surface area (Å²) < 4.78 is 52.4. The Morgan fingerprint density at radius 2 is 1.33 bits per heavy atom. The van der Waals surface area contributed by atoms with Crippen LogP contribution in [0.3, 0.4) is 0 Å². The molecule has 0 saturated heterocycles. The van der Waals surface area contributed by atoms with Gasteiger partial charge in [0.1, 0.15) is 23.4 Å². The van der Waals surface area contributed by atoms with Crippen LogP contribution in [0.2, 0.25) is 0 Å². The third-order valence-corrected chi connectivity index (χ3v) is 9.08. The van der Waals surface area contributed by atoms with Crippen LogP contribution in [0.4, 0.5) is 10.1 Å². The quantitative estimate of drug-likeness (QED) is 0.141. The number of amides is 2. The van der Waals surface area contributed by atoms with Gasteiger partial charge in [0.05, 0.1) is 12.0 Å². The van der Waals surface area contributed by atoms with Gasteiger partial charge < -0.3 is 19.7 Å². The smallest absolute Gasteiger partial charge is 0.261 e. The van der Waals surface area contributed by atoms with Crippen LogP contribution in [0.1, 0.15) is 16.7 Å². The van der Waals surface area contributed by atoms with Crippen LogP contribution in [0.15, 0.2) is 138 Å². The summed E-state index contributed by atoms with van der Waals surface area (Å²) in [6.45, 7) is 0.00972. The molecule has 49 heavy (non-hydrogen) atoms. The Bertz CT molecular complexity index is 1920. The van der Waals surface area contributed by atoms with Gasteiger partial charge in [-0.05, 0) is 77.4 Å². The number of carbonyl (C=O) groups excluding carboxylic acids is 2. The molecular weight excluding hydrogens is 645 g/mol. The molecule has 2 N–H and O–H groups in total. The number of anilines is 1. The number of ether oxygens (including phenoxy) is 2. The number of benzene rings is 5. The Balaban J connectivity index is 1.33. The monoisotopic (exact) mass is 681 g/mol. The van der Waals surface area contributed by atoms with E-state index in [1.807, 2.05) is 84.9 Å². The van der Waals surface area contributed by atoms with Gasteiger partial charge in [-0.3, -0.25) is 14.3 Å². The van der Waals surface area contributed by atoms with Gasteiger partial charge in [-0.2, -0.15) is 0 Å². The fourth-order valence-corrected chi connectivity index (χ4v) is 6.12. The zero-order valence-electron chi connectivity index (χ0n) is 26.8. The molecule has 5 aromatic rings. The maximum absolute atomic E-state index is 13.9. The summed E-state index contributed by atoms with van der Waals surface area (Å²) in [5.74, 6) is -0.278. The van der Waals surface area contributed by atoms with E-state index in [-0.39, 0.29) is 41.7 Å². The topological polar surface area (TPSA) is 114 Å².